The Morgan fingerprint density at radius 3 is 2.27 bits per heavy atom. The topological polar surface area (TPSA) is 104 Å². The van der Waals surface area contributed by atoms with Crippen molar-refractivity contribution >= 4 is 28.4 Å². The summed E-state index contributed by atoms with van der Waals surface area (Å²) < 4.78 is 24.1. The van der Waals surface area contributed by atoms with Gasteiger partial charge >= 0.3 is 0 Å². The number of carbonyl (C=O) groups is 1. The van der Waals surface area contributed by atoms with E-state index in [0.29, 0.717) is 73.2 Å². The van der Waals surface area contributed by atoms with Gasteiger partial charge < -0.3 is 24.6 Å². The minimum absolute atomic E-state index is 0.270. The Morgan fingerprint density at radius 2 is 1.61 bits per heavy atom. The first-order chi connectivity index (χ1) is 20.0. The minimum Gasteiger partial charge on any atom is -0.493 e. The molecule has 3 aromatic carbocycles. The first kappa shape index (κ1) is 27.6. The van der Waals surface area contributed by atoms with Gasteiger partial charge in [-0.05, 0) is 60.5 Å². The number of benzene rings is 3. The van der Waals surface area contributed by atoms with Crippen LogP contribution in [0.15, 0.2) is 66.7 Å². The number of hydrogen-bond acceptors (Lipinski definition) is 8. The number of anilines is 2. The van der Waals surface area contributed by atoms with E-state index in [2.05, 4.69) is 21.2 Å². The molecule has 0 saturated carbocycles. The highest BCUT2D eigenvalue weighted by Gasteiger charge is 2.30. The van der Waals surface area contributed by atoms with Crippen LogP contribution in [0.2, 0.25) is 0 Å². The molecule has 4 aromatic rings. The third-order valence-corrected chi connectivity index (χ3v) is 7.17. The number of halogens is 1. The molecule has 1 atom stereocenters. The number of carbonyl (C=O) groups excluding carboxylic acids is 1. The average molecular weight is 555 g/mol. The Labute approximate surface area is 238 Å². The predicted octanol–water partition coefficient (Wildman–Crippen LogP) is 4.08. The molecule has 0 unspecified atom stereocenters. The second kappa shape index (κ2) is 12.5. The lowest BCUT2D eigenvalue weighted by atomic mass is 10.0. The molecule has 2 heterocycles. The van der Waals surface area contributed by atoms with Gasteiger partial charge in [-0.3, -0.25) is 4.79 Å². The van der Waals surface area contributed by atoms with Crippen molar-refractivity contribution in [3.05, 3.63) is 83.8 Å². The SMILES string of the molecule is COc1ccc(CCNC(=O)[C@@H](C#N)c2nc3ccccc3nc2N2CCN(c3ccc(F)cc3)CC2)cc1OC. The van der Waals surface area contributed by atoms with Crippen LogP contribution < -0.4 is 24.6 Å². The van der Waals surface area contributed by atoms with E-state index in [0.717, 1.165) is 11.3 Å². The molecule has 0 bridgehead atoms. The maximum absolute atomic E-state index is 13.4. The fourth-order valence-corrected chi connectivity index (χ4v) is 4.97. The molecule has 0 spiro atoms. The van der Waals surface area contributed by atoms with Gasteiger partial charge in [-0.15, -0.1) is 0 Å². The number of nitriles is 1. The number of para-hydroxylation sites is 2. The lowest BCUT2D eigenvalue weighted by Gasteiger charge is -2.37. The van der Waals surface area contributed by atoms with Crippen molar-refractivity contribution in [1.29, 1.82) is 5.26 Å². The van der Waals surface area contributed by atoms with Crippen molar-refractivity contribution in [2.75, 3.05) is 56.7 Å². The number of methoxy groups -OCH3 is 2. The van der Waals surface area contributed by atoms with Gasteiger partial charge in [0.25, 0.3) is 0 Å². The van der Waals surface area contributed by atoms with Gasteiger partial charge in [-0.1, -0.05) is 18.2 Å². The zero-order chi connectivity index (χ0) is 28.8. The average Bonchev–Trinajstić information content (AvgIpc) is 3.01. The second-order valence-corrected chi connectivity index (χ2v) is 9.66. The molecule has 0 radical (unpaired) electrons. The molecule has 41 heavy (non-hydrogen) atoms. The van der Waals surface area contributed by atoms with Crippen LogP contribution in [0.4, 0.5) is 15.9 Å². The smallest absolute Gasteiger partial charge is 0.243 e. The van der Waals surface area contributed by atoms with Gasteiger partial charge in [0.05, 0.1) is 31.3 Å². The number of rotatable bonds is 9. The Kier molecular flexibility index (Phi) is 8.44. The van der Waals surface area contributed by atoms with Crippen molar-refractivity contribution in [2.24, 2.45) is 0 Å². The summed E-state index contributed by atoms with van der Waals surface area (Å²) >= 11 is 0. The monoisotopic (exact) mass is 554 g/mol. The largest absolute Gasteiger partial charge is 0.493 e. The number of fused-ring (bicyclic) bond motifs is 1. The summed E-state index contributed by atoms with van der Waals surface area (Å²) in [6, 6.07) is 21.6. The van der Waals surface area contributed by atoms with Crippen LogP contribution >= 0.6 is 0 Å². The van der Waals surface area contributed by atoms with E-state index < -0.39 is 11.8 Å². The molecule has 1 aliphatic heterocycles. The molecule has 10 heteroatoms. The Morgan fingerprint density at radius 1 is 0.951 bits per heavy atom. The lowest BCUT2D eigenvalue weighted by molar-refractivity contribution is -0.121. The fraction of sp³-hybridized carbons (Fsp3) is 0.290. The normalized spacial score (nSPS) is 13.9. The molecule has 1 aromatic heterocycles. The maximum atomic E-state index is 13.4. The molecule has 1 amide bonds. The highest BCUT2D eigenvalue weighted by atomic mass is 19.1. The van der Waals surface area contributed by atoms with Crippen LogP contribution in [0.3, 0.4) is 0 Å². The summed E-state index contributed by atoms with van der Waals surface area (Å²) in [6.45, 7) is 2.90. The molecular formula is C31H31FN6O3. The summed E-state index contributed by atoms with van der Waals surface area (Å²) in [4.78, 5) is 27.2. The summed E-state index contributed by atoms with van der Waals surface area (Å²) in [5, 5.41) is 13.0. The van der Waals surface area contributed by atoms with Crippen molar-refractivity contribution < 1.29 is 18.7 Å². The van der Waals surface area contributed by atoms with E-state index >= 15 is 0 Å². The maximum Gasteiger partial charge on any atom is 0.243 e. The summed E-state index contributed by atoms with van der Waals surface area (Å²) in [6.07, 6.45) is 0.547. The van der Waals surface area contributed by atoms with Crippen LogP contribution in [0.25, 0.3) is 11.0 Å². The molecule has 1 N–H and O–H groups in total. The molecule has 1 saturated heterocycles. The van der Waals surface area contributed by atoms with E-state index in [1.807, 2.05) is 42.5 Å². The van der Waals surface area contributed by atoms with Crippen molar-refractivity contribution in [3.8, 4) is 17.6 Å². The van der Waals surface area contributed by atoms with Crippen molar-refractivity contribution in [2.45, 2.75) is 12.3 Å². The third kappa shape index (κ3) is 6.14. The van der Waals surface area contributed by atoms with Gasteiger partial charge in [0.2, 0.25) is 5.91 Å². The minimum atomic E-state index is -1.14. The quantitative estimate of drug-likeness (QED) is 0.330. The first-order valence-electron chi connectivity index (χ1n) is 13.4. The molecule has 1 fully saturated rings. The van der Waals surface area contributed by atoms with E-state index in [1.165, 1.54) is 12.1 Å². The van der Waals surface area contributed by atoms with E-state index in [4.69, 9.17) is 19.4 Å². The zero-order valence-electron chi connectivity index (χ0n) is 23.0. The Hall–Kier alpha value is -4.91. The first-order valence-corrected chi connectivity index (χ1v) is 13.4. The van der Waals surface area contributed by atoms with Gasteiger partial charge in [-0.2, -0.15) is 5.26 Å². The summed E-state index contributed by atoms with van der Waals surface area (Å²) in [5.74, 6) is -0.0592. The molecule has 1 aliphatic rings. The number of amides is 1. The number of nitrogens with zero attached hydrogens (tertiary/aromatic N) is 5. The predicted molar refractivity (Wildman–Crippen MR) is 155 cm³/mol. The number of ether oxygens (including phenoxy) is 2. The second-order valence-electron chi connectivity index (χ2n) is 9.66. The fourth-order valence-electron chi connectivity index (χ4n) is 4.97. The Balaban J connectivity index is 1.33. The molecule has 5 rings (SSSR count). The van der Waals surface area contributed by atoms with Crippen LogP contribution in [-0.2, 0) is 11.2 Å². The number of hydrogen-bond donors (Lipinski definition) is 1. The van der Waals surface area contributed by atoms with Crippen LogP contribution in [0.1, 0.15) is 17.2 Å². The van der Waals surface area contributed by atoms with E-state index in [9.17, 15) is 14.4 Å². The molecule has 210 valence electrons. The van der Waals surface area contributed by atoms with Crippen LogP contribution in [0.5, 0.6) is 11.5 Å². The van der Waals surface area contributed by atoms with E-state index in [-0.39, 0.29) is 5.82 Å². The number of piperazine rings is 1. The molecular weight excluding hydrogens is 523 g/mol. The number of nitrogens with one attached hydrogen (secondary N) is 1. The molecule has 9 nitrogen and oxygen atoms in total. The Bertz CT molecular complexity index is 1560. The highest BCUT2D eigenvalue weighted by Crippen LogP contribution is 2.30. The van der Waals surface area contributed by atoms with Gasteiger partial charge in [0, 0.05) is 38.4 Å². The number of aromatic nitrogens is 2. The third-order valence-electron chi connectivity index (χ3n) is 7.17. The van der Waals surface area contributed by atoms with Gasteiger partial charge in [-0.25, -0.2) is 14.4 Å². The van der Waals surface area contributed by atoms with Crippen molar-refractivity contribution in [1.82, 2.24) is 15.3 Å². The van der Waals surface area contributed by atoms with Crippen molar-refractivity contribution in [3.63, 3.8) is 0 Å². The van der Waals surface area contributed by atoms with Crippen LogP contribution in [-0.4, -0.2) is 62.8 Å². The molecule has 0 aliphatic carbocycles. The highest BCUT2D eigenvalue weighted by molar-refractivity contribution is 5.89. The lowest BCUT2D eigenvalue weighted by Crippen LogP contribution is -2.47. The zero-order valence-corrected chi connectivity index (χ0v) is 23.0. The standard InChI is InChI=1S/C31H31FN6O3/c1-40-27-12-7-21(19-28(27)41-2)13-14-34-31(39)24(20-33)29-30(36-26-6-4-3-5-25(26)35-29)38-17-15-37(16-18-38)23-10-8-22(32)9-11-23/h3-12,19,24H,13-18H2,1-2H3,(H,34,39)/t24-/m0/s1. The van der Waals surface area contributed by atoms with Gasteiger partial charge in [0.15, 0.2) is 23.2 Å². The summed E-state index contributed by atoms with van der Waals surface area (Å²) in [7, 11) is 3.15. The summed E-state index contributed by atoms with van der Waals surface area (Å²) in [5.41, 5.74) is 3.55. The van der Waals surface area contributed by atoms with E-state index in [1.54, 1.807) is 26.4 Å². The van der Waals surface area contributed by atoms with Gasteiger partial charge in [0.1, 0.15) is 11.5 Å². The van der Waals surface area contributed by atoms with Crippen LogP contribution in [0, 0.1) is 17.1 Å².